The first kappa shape index (κ1) is 22.0. The van der Waals surface area contributed by atoms with Crippen molar-refractivity contribution in [2.75, 3.05) is 36.5 Å². The summed E-state index contributed by atoms with van der Waals surface area (Å²) >= 11 is 0. The van der Waals surface area contributed by atoms with Crippen LogP contribution in [0.1, 0.15) is 28.9 Å². The van der Waals surface area contributed by atoms with Crippen molar-refractivity contribution in [3.8, 4) is 0 Å². The molecule has 5 rings (SSSR count). The fourth-order valence-electron chi connectivity index (χ4n) is 3.91. The summed E-state index contributed by atoms with van der Waals surface area (Å²) in [7, 11) is 3.84. The molecule has 34 heavy (non-hydrogen) atoms. The zero-order valence-electron chi connectivity index (χ0n) is 19.1. The van der Waals surface area contributed by atoms with Gasteiger partial charge in [0.25, 0.3) is 0 Å². The molecule has 1 atom stereocenters. The second-order valence-corrected chi connectivity index (χ2v) is 8.21. The molecule has 0 aliphatic carbocycles. The Balaban J connectivity index is 1.52. The molecule has 0 radical (unpaired) electrons. The number of halogens is 1. The molecule has 10 nitrogen and oxygen atoms in total. The molecule has 1 saturated heterocycles. The first-order chi connectivity index (χ1) is 16.5. The zero-order valence-corrected chi connectivity index (χ0v) is 19.1. The van der Waals surface area contributed by atoms with Gasteiger partial charge in [0.1, 0.15) is 23.5 Å². The Bertz CT molecular complexity index is 1250. The third-order valence-electron chi connectivity index (χ3n) is 5.65. The summed E-state index contributed by atoms with van der Waals surface area (Å²) in [6.07, 6.45) is 7.77. The first-order valence-electron chi connectivity index (χ1n) is 11.1. The van der Waals surface area contributed by atoms with Crippen LogP contribution in [-0.2, 0) is 25.3 Å². The number of rotatable bonds is 7. The standard InChI is InChI=1S/C23H26FN9O/c1-31-14-18(26-15-31)13-19-27-22(30-23(28-19)33-9-11-34-12-10-33)29-20(21-25-7-8-32(21)2)16-3-5-17(24)6-4-16/h3-8,14-15,20H,9-13H2,1-2H3,(H,27,28,29,30). The topological polar surface area (TPSA) is 98.8 Å². The van der Waals surface area contributed by atoms with E-state index < -0.39 is 0 Å². The molecule has 1 aliphatic heterocycles. The van der Waals surface area contributed by atoms with E-state index in [-0.39, 0.29) is 11.9 Å². The van der Waals surface area contributed by atoms with Crippen LogP contribution in [0.25, 0.3) is 0 Å². The van der Waals surface area contributed by atoms with E-state index in [4.69, 9.17) is 19.7 Å². The first-order valence-corrected chi connectivity index (χ1v) is 11.1. The number of benzene rings is 1. The number of imidazole rings is 2. The Morgan fingerprint density at radius 2 is 1.85 bits per heavy atom. The molecule has 1 unspecified atom stereocenters. The maximum absolute atomic E-state index is 13.6. The van der Waals surface area contributed by atoms with E-state index in [9.17, 15) is 4.39 Å². The van der Waals surface area contributed by atoms with E-state index in [0.29, 0.717) is 50.4 Å². The summed E-state index contributed by atoms with van der Waals surface area (Å²) in [5.74, 6) is 2.07. The predicted molar refractivity (Wildman–Crippen MR) is 124 cm³/mol. The van der Waals surface area contributed by atoms with Crippen molar-refractivity contribution < 1.29 is 9.13 Å². The molecule has 4 heterocycles. The van der Waals surface area contributed by atoms with Gasteiger partial charge >= 0.3 is 0 Å². The quantitative estimate of drug-likeness (QED) is 0.445. The van der Waals surface area contributed by atoms with E-state index in [2.05, 4.69) is 20.2 Å². The molecule has 11 heteroatoms. The Kier molecular flexibility index (Phi) is 6.17. The molecule has 1 aliphatic rings. The molecular formula is C23H26FN9O. The summed E-state index contributed by atoms with van der Waals surface area (Å²) in [6.45, 7) is 2.64. The number of nitrogens with one attached hydrogen (secondary N) is 1. The lowest BCUT2D eigenvalue weighted by molar-refractivity contribution is 0.122. The Morgan fingerprint density at radius 1 is 1.06 bits per heavy atom. The molecule has 1 fully saturated rings. The minimum absolute atomic E-state index is 0.297. The maximum atomic E-state index is 13.6. The summed E-state index contributed by atoms with van der Waals surface area (Å²) in [4.78, 5) is 25.2. The highest BCUT2D eigenvalue weighted by molar-refractivity contribution is 5.42. The van der Waals surface area contributed by atoms with Crippen molar-refractivity contribution in [3.05, 3.63) is 77.9 Å². The highest BCUT2D eigenvalue weighted by atomic mass is 19.1. The summed E-state index contributed by atoms with van der Waals surface area (Å²) < 4.78 is 22.9. The van der Waals surface area contributed by atoms with Crippen LogP contribution in [0.5, 0.6) is 0 Å². The van der Waals surface area contributed by atoms with Crippen LogP contribution in [0.4, 0.5) is 16.3 Å². The van der Waals surface area contributed by atoms with Crippen LogP contribution < -0.4 is 10.2 Å². The Morgan fingerprint density at radius 3 is 2.53 bits per heavy atom. The average Bonchev–Trinajstić information content (AvgIpc) is 3.46. The SMILES string of the molecule is Cn1cnc(Cc2nc(NC(c3ccc(F)cc3)c3nccn3C)nc(N3CCOCC3)n2)c1. The van der Waals surface area contributed by atoms with E-state index >= 15 is 0 Å². The molecule has 1 N–H and O–H groups in total. The van der Waals surface area contributed by atoms with Crippen LogP contribution in [-0.4, -0.2) is 60.4 Å². The predicted octanol–water partition coefficient (Wildman–Crippen LogP) is 2.11. The number of hydrogen-bond acceptors (Lipinski definition) is 8. The number of hydrogen-bond donors (Lipinski definition) is 1. The molecule has 0 spiro atoms. The fraction of sp³-hybridized carbons (Fsp3) is 0.348. The van der Waals surface area contributed by atoms with Crippen LogP contribution in [0.15, 0.2) is 49.2 Å². The number of morpholine rings is 1. The van der Waals surface area contributed by atoms with Crippen molar-refractivity contribution in [1.29, 1.82) is 0 Å². The van der Waals surface area contributed by atoms with Crippen LogP contribution in [0, 0.1) is 5.82 Å². The highest BCUT2D eigenvalue weighted by Gasteiger charge is 2.22. The van der Waals surface area contributed by atoms with Gasteiger partial charge in [-0.3, -0.25) is 0 Å². The average molecular weight is 464 g/mol. The van der Waals surface area contributed by atoms with Gasteiger partial charge in [-0.1, -0.05) is 12.1 Å². The minimum atomic E-state index is -0.386. The summed E-state index contributed by atoms with van der Waals surface area (Å²) in [5, 5.41) is 3.42. The number of nitrogens with zero attached hydrogens (tertiary/aromatic N) is 8. The van der Waals surface area contributed by atoms with E-state index in [1.807, 2.05) is 35.6 Å². The van der Waals surface area contributed by atoms with Gasteiger partial charge in [-0.25, -0.2) is 14.4 Å². The van der Waals surface area contributed by atoms with Crippen molar-refractivity contribution >= 4 is 11.9 Å². The molecular weight excluding hydrogens is 437 g/mol. The smallest absolute Gasteiger partial charge is 0.230 e. The number of anilines is 2. The third kappa shape index (κ3) is 4.88. The van der Waals surface area contributed by atoms with Gasteiger partial charge in [0.15, 0.2) is 0 Å². The molecule has 0 bridgehead atoms. The van der Waals surface area contributed by atoms with Crippen molar-refractivity contribution in [2.24, 2.45) is 14.1 Å². The molecule has 176 valence electrons. The molecule has 4 aromatic rings. The van der Waals surface area contributed by atoms with Gasteiger partial charge in [-0.15, -0.1) is 0 Å². The zero-order chi connectivity index (χ0) is 23.5. The van der Waals surface area contributed by atoms with E-state index in [1.165, 1.54) is 12.1 Å². The Hall–Kier alpha value is -3.86. The van der Waals surface area contributed by atoms with Gasteiger partial charge in [-0.05, 0) is 17.7 Å². The van der Waals surface area contributed by atoms with Gasteiger partial charge in [0, 0.05) is 45.8 Å². The lowest BCUT2D eigenvalue weighted by atomic mass is 10.1. The minimum Gasteiger partial charge on any atom is -0.378 e. The third-order valence-corrected chi connectivity index (χ3v) is 5.65. The lowest BCUT2D eigenvalue weighted by Crippen LogP contribution is -2.37. The van der Waals surface area contributed by atoms with E-state index in [0.717, 1.165) is 17.1 Å². The Labute approximate surface area is 196 Å². The molecule has 1 aromatic carbocycles. The highest BCUT2D eigenvalue weighted by Crippen LogP contribution is 2.25. The van der Waals surface area contributed by atoms with Crippen LogP contribution in [0.2, 0.25) is 0 Å². The van der Waals surface area contributed by atoms with Gasteiger partial charge in [0.2, 0.25) is 11.9 Å². The molecule has 0 saturated carbocycles. The van der Waals surface area contributed by atoms with Crippen molar-refractivity contribution in [3.63, 3.8) is 0 Å². The lowest BCUT2D eigenvalue weighted by Gasteiger charge is -2.27. The summed E-state index contributed by atoms with van der Waals surface area (Å²) in [6, 6.07) is 5.96. The molecule has 3 aromatic heterocycles. The van der Waals surface area contributed by atoms with Crippen molar-refractivity contribution in [1.82, 2.24) is 34.1 Å². The molecule has 0 amide bonds. The second kappa shape index (κ2) is 9.56. The second-order valence-electron chi connectivity index (χ2n) is 8.21. The van der Waals surface area contributed by atoms with Gasteiger partial charge in [-0.2, -0.15) is 15.0 Å². The van der Waals surface area contributed by atoms with Gasteiger partial charge < -0.3 is 24.1 Å². The number of ether oxygens (including phenoxy) is 1. The van der Waals surface area contributed by atoms with Gasteiger partial charge in [0.05, 0.1) is 31.7 Å². The number of aryl methyl sites for hydroxylation is 2. The van der Waals surface area contributed by atoms with E-state index in [1.54, 1.807) is 24.7 Å². The van der Waals surface area contributed by atoms with Crippen LogP contribution in [0.3, 0.4) is 0 Å². The van der Waals surface area contributed by atoms with Crippen molar-refractivity contribution in [2.45, 2.75) is 12.5 Å². The summed E-state index contributed by atoms with van der Waals surface area (Å²) in [5.41, 5.74) is 1.71. The van der Waals surface area contributed by atoms with Crippen LogP contribution >= 0.6 is 0 Å². The largest absolute Gasteiger partial charge is 0.378 e. The fourth-order valence-corrected chi connectivity index (χ4v) is 3.91. The number of aromatic nitrogens is 7. The normalized spacial score (nSPS) is 14.9. The monoisotopic (exact) mass is 463 g/mol. The maximum Gasteiger partial charge on any atom is 0.230 e.